The number of morpholine rings is 1. The lowest BCUT2D eigenvalue weighted by molar-refractivity contribution is 0.0660. The van der Waals surface area contributed by atoms with Crippen LogP contribution in [0.2, 0.25) is 0 Å². The molecule has 1 saturated heterocycles. The fourth-order valence-electron chi connectivity index (χ4n) is 5.48. The molecule has 1 fully saturated rings. The first-order valence-electron chi connectivity index (χ1n) is 14.5. The first-order chi connectivity index (χ1) is 19.8. The number of benzene rings is 2. The van der Waals surface area contributed by atoms with Crippen LogP contribution < -0.4 is 9.64 Å². The van der Waals surface area contributed by atoms with Gasteiger partial charge in [-0.15, -0.1) is 0 Å². The minimum Gasteiger partial charge on any atom is -0.491 e. The number of likely N-dealkylation sites (N-methyl/N-ethyl adjacent to an activating group) is 1. The summed E-state index contributed by atoms with van der Waals surface area (Å²) in [5.41, 5.74) is 5.31. The van der Waals surface area contributed by atoms with Gasteiger partial charge < -0.3 is 24.2 Å². The van der Waals surface area contributed by atoms with Gasteiger partial charge in [-0.3, -0.25) is 14.3 Å². The molecule has 0 atom stereocenters. The Balaban J connectivity index is 1.44. The number of anilines is 1. The number of aryl methyl sites for hydroxylation is 1. The maximum absolute atomic E-state index is 13.7. The molecule has 41 heavy (non-hydrogen) atoms. The Morgan fingerprint density at radius 2 is 1.76 bits per heavy atom. The van der Waals surface area contributed by atoms with Crippen molar-refractivity contribution in [1.29, 1.82) is 0 Å². The Hall–Kier alpha value is -3.85. The zero-order chi connectivity index (χ0) is 28.9. The molecule has 2 bridgehead atoms. The van der Waals surface area contributed by atoms with Crippen LogP contribution in [0.1, 0.15) is 51.5 Å². The molecule has 3 heterocycles. The van der Waals surface area contributed by atoms with E-state index in [9.17, 15) is 9.59 Å². The number of amides is 2. The molecular weight excluding hydrogens is 518 g/mol. The highest BCUT2D eigenvalue weighted by Gasteiger charge is 2.23. The lowest BCUT2D eigenvalue weighted by Gasteiger charge is -2.30. The van der Waals surface area contributed by atoms with Crippen LogP contribution in [0, 0.1) is 5.92 Å². The molecule has 0 radical (unpaired) electrons. The van der Waals surface area contributed by atoms with E-state index in [1.165, 1.54) is 0 Å². The summed E-state index contributed by atoms with van der Waals surface area (Å²) in [6, 6.07) is 16.0. The zero-order valence-electron chi connectivity index (χ0n) is 24.6. The first kappa shape index (κ1) is 28.7. The van der Waals surface area contributed by atoms with Crippen molar-refractivity contribution >= 4 is 17.5 Å². The van der Waals surface area contributed by atoms with Crippen molar-refractivity contribution in [2.24, 2.45) is 13.0 Å². The molecule has 3 aromatic rings. The van der Waals surface area contributed by atoms with Crippen LogP contribution in [-0.2, 0) is 24.6 Å². The van der Waals surface area contributed by atoms with Crippen LogP contribution in [0.15, 0.2) is 48.5 Å². The van der Waals surface area contributed by atoms with Crippen molar-refractivity contribution in [2.45, 2.75) is 26.7 Å². The van der Waals surface area contributed by atoms with E-state index in [-0.39, 0.29) is 11.8 Å². The molecule has 2 aliphatic rings. The summed E-state index contributed by atoms with van der Waals surface area (Å²) in [4.78, 5) is 32.9. The molecule has 0 unspecified atom stereocenters. The number of hydrogen-bond donors (Lipinski definition) is 0. The number of fused-ring (bicyclic) bond motifs is 3. The predicted molar refractivity (Wildman–Crippen MR) is 159 cm³/mol. The number of aromatic nitrogens is 2. The molecule has 2 amide bonds. The summed E-state index contributed by atoms with van der Waals surface area (Å²) < 4.78 is 13.6. The largest absolute Gasteiger partial charge is 0.491 e. The van der Waals surface area contributed by atoms with Gasteiger partial charge in [0.25, 0.3) is 11.8 Å². The Kier molecular flexibility index (Phi) is 8.93. The number of ether oxygens (including phenoxy) is 2. The second-order valence-corrected chi connectivity index (χ2v) is 11.4. The maximum atomic E-state index is 13.7. The first-order valence-corrected chi connectivity index (χ1v) is 14.5. The molecule has 0 spiro atoms. The minimum absolute atomic E-state index is 0.0606. The van der Waals surface area contributed by atoms with Gasteiger partial charge in [0.05, 0.1) is 25.5 Å². The van der Waals surface area contributed by atoms with Gasteiger partial charge in [-0.25, -0.2) is 0 Å². The van der Waals surface area contributed by atoms with Gasteiger partial charge in [0, 0.05) is 63.5 Å². The average Bonchev–Trinajstić information content (AvgIpc) is 3.33. The van der Waals surface area contributed by atoms with E-state index in [1.54, 1.807) is 21.5 Å². The molecular formula is C32H41N5O4. The summed E-state index contributed by atoms with van der Waals surface area (Å²) in [7, 11) is 3.59. The van der Waals surface area contributed by atoms with Crippen LogP contribution in [0.4, 0.5) is 5.69 Å². The number of nitrogens with zero attached hydrogens (tertiary/aromatic N) is 5. The maximum Gasteiger partial charge on any atom is 0.272 e. The van der Waals surface area contributed by atoms with Crippen molar-refractivity contribution in [3.05, 3.63) is 76.6 Å². The van der Waals surface area contributed by atoms with Crippen molar-refractivity contribution in [3.63, 3.8) is 0 Å². The Bertz CT molecular complexity index is 1380. The molecule has 9 heteroatoms. The summed E-state index contributed by atoms with van der Waals surface area (Å²) >= 11 is 0. The number of rotatable bonds is 4. The lowest BCUT2D eigenvalue weighted by Crippen LogP contribution is -2.42. The van der Waals surface area contributed by atoms with E-state index in [1.807, 2.05) is 37.4 Å². The van der Waals surface area contributed by atoms with E-state index in [4.69, 9.17) is 9.47 Å². The molecule has 9 nitrogen and oxygen atoms in total. The molecule has 0 saturated carbocycles. The van der Waals surface area contributed by atoms with Gasteiger partial charge in [-0.1, -0.05) is 26.0 Å². The number of carbonyl (C=O) groups is 2. The normalized spacial score (nSPS) is 16.8. The topological polar surface area (TPSA) is 80.1 Å². The molecule has 218 valence electrons. The number of carbonyl (C=O) groups excluding carboxylic acids is 2. The van der Waals surface area contributed by atoms with Crippen LogP contribution in [0.5, 0.6) is 5.75 Å². The highest BCUT2D eigenvalue weighted by molar-refractivity contribution is 5.94. The third-order valence-electron chi connectivity index (χ3n) is 7.71. The number of hydrogen-bond acceptors (Lipinski definition) is 6. The van der Waals surface area contributed by atoms with Gasteiger partial charge in [-0.05, 0) is 54.3 Å². The molecule has 2 aliphatic heterocycles. The fourth-order valence-corrected chi connectivity index (χ4v) is 5.48. The smallest absolute Gasteiger partial charge is 0.272 e. The predicted octanol–water partition coefficient (Wildman–Crippen LogP) is 3.65. The van der Waals surface area contributed by atoms with E-state index in [2.05, 4.69) is 42.0 Å². The van der Waals surface area contributed by atoms with Gasteiger partial charge in [0.15, 0.2) is 0 Å². The second kappa shape index (κ2) is 12.8. The standard InChI is InChI=1S/C32H41N5O4/c1-23(2)18-27-22-29(35(4)33-27)32(39)37-11-10-34(3)31(38)25-7-5-6-24(19-25)20-26-21-28(36-12-15-40-16-13-36)8-9-30(26)41-17-14-37/h5-9,19,21-23H,10-18,20H2,1-4H3. The Morgan fingerprint density at radius 1 is 0.951 bits per heavy atom. The van der Waals surface area contributed by atoms with E-state index in [0.717, 1.165) is 47.8 Å². The summed E-state index contributed by atoms with van der Waals surface area (Å²) in [6.07, 6.45) is 1.44. The van der Waals surface area contributed by atoms with Crippen molar-refractivity contribution < 1.29 is 19.1 Å². The molecule has 0 N–H and O–H groups in total. The van der Waals surface area contributed by atoms with Crippen LogP contribution >= 0.6 is 0 Å². The van der Waals surface area contributed by atoms with Crippen LogP contribution in [-0.4, -0.2) is 91.0 Å². The van der Waals surface area contributed by atoms with Crippen LogP contribution in [0.3, 0.4) is 0 Å². The summed E-state index contributed by atoms with van der Waals surface area (Å²) in [6.45, 7) is 8.92. The summed E-state index contributed by atoms with van der Waals surface area (Å²) in [5.74, 6) is 1.06. The van der Waals surface area contributed by atoms with Crippen LogP contribution in [0.25, 0.3) is 0 Å². The van der Waals surface area contributed by atoms with Crippen molar-refractivity contribution in [2.75, 3.05) is 64.5 Å². The van der Waals surface area contributed by atoms with E-state index in [0.29, 0.717) is 63.1 Å². The summed E-state index contributed by atoms with van der Waals surface area (Å²) in [5, 5.41) is 4.57. The van der Waals surface area contributed by atoms with E-state index < -0.39 is 0 Å². The van der Waals surface area contributed by atoms with Crippen molar-refractivity contribution in [1.82, 2.24) is 19.6 Å². The van der Waals surface area contributed by atoms with Gasteiger partial charge in [0.1, 0.15) is 18.1 Å². The monoisotopic (exact) mass is 559 g/mol. The third-order valence-corrected chi connectivity index (χ3v) is 7.71. The lowest BCUT2D eigenvalue weighted by atomic mass is 10.0. The average molecular weight is 560 g/mol. The fraction of sp³-hybridized carbons (Fsp3) is 0.469. The molecule has 0 aliphatic carbocycles. The molecule has 2 aromatic carbocycles. The SMILES string of the molecule is CC(C)Cc1cc(C(=O)N2CCOc3ccc(N4CCOCC4)cc3Cc3cccc(c3)C(=O)N(C)CC2)n(C)n1. The van der Waals surface area contributed by atoms with Gasteiger partial charge in [-0.2, -0.15) is 5.10 Å². The van der Waals surface area contributed by atoms with Gasteiger partial charge in [0.2, 0.25) is 0 Å². The molecule has 1 aromatic heterocycles. The van der Waals surface area contributed by atoms with Crippen molar-refractivity contribution in [3.8, 4) is 5.75 Å². The molecule has 5 rings (SSSR count). The van der Waals surface area contributed by atoms with E-state index >= 15 is 0 Å². The Labute approximate surface area is 242 Å². The Morgan fingerprint density at radius 3 is 2.54 bits per heavy atom. The second-order valence-electron chi connectivity index (χ2n) is 11.4. The zero-order valence-corrected chi connectivity index (χ0v) is 24.6. The highest BCUT2D eigenvalue weighted by Crippen LogP contribution is 2.29. The quantitative estimate of drug-likeness (QED) is 0.486. The van der Waals surface area contributed by atoms with Gasteiger partial charge >= 0.3 is 0 Å². The highest BCUT2D eigenvalue weighted by atomic mass is 16.5. The third kappa shape index (κ3) is 6.90. The minimum atomic E-state index is -0.114.